The predicted molar refractivity (Wildman–Crippen MR) is 122 cm³/mol. The number of aliphatic hydroxyl groups is 2. The maximum atomic E-state index is 11.8. The Morgan fingerprint density at radius 3 is 1.70 bits per heavy atom. The van der Waals surface area contributed by atoms with Gasteiger partial charge in [-0.25, -0.2) is 4.57 Å². The van der Waals surface area contributed by atoms with E-state index in [1.165, 1.54) is 71.6 Å². The zero-order valence-electron chi connectivity index (χ0n) is 19.4. The van der Waals surface area contributed by atoms with Gasteiger partial charge in [-0.05, 0) is 46.0 Å². The second kappa shape index (κ2) is 19.4. The summed E-state index contributed by atoms with van der Waals surface area (Å²) in [6.07, 6.45) is 18.8. The highest BCUT2D eigenvalue weighted by molar-refractivity contribution is 7.47. The minimum atomic E-state index is -4.35. The first-order valence-electron chi connectivity index (χ1n) is 11.8. The van der Waals surface area contributed by atoms with Crippen molar-refractivity contribution < 1.29 is 28.8 Å². The molecule has 3 atom stereocenters. The van der Waals surface area contributed by atoms with Crippen LogP contribution in [0, 0.1) is 0 Å². The summed E-state index contributed by atoms with van der Waals surface area (Å²) in [5.74, 6) is 0. The van der Waals surface area contributed by atoms with Crippen molar-refractivity contribution >= 4 is 7.82 Å². The molecule has 8 heteroatoms. The number of nitrogens with zero attached hydrogens (tertiary/aromatic N) is 1. The lowest BCUT2D eigenvalue weighted by Crippen LogP contribution is -2.39. The summed E-state index contributed by atoms with van der Waals surface area (Å²) in [7, 11) is -4.35. The Hall–Kier alpha value is -0.270. The molecule has 0 radical (unpaired) electrons. The first kappa shape index (κ1) is 29.7. The van der Waals surface area contributed by atoms with Crippen LogP contribution in [0.1, 0.15) is 111 Å². The van der Waals surface area contributed by atoms with Crippen molar-refractivity contribution in [3.63, 3.8) is 0 Å². The van der Waals surface area contributed by atoms with E-state index in [0.717, 1.165) is 25.7 Å². The molecule has 0 amide bonds. The van der Waals surface area contributed by atoms with Crippen molar-refractivity contribution in [3.05, 3.63) is 12.2 Å². The number of aliphatic hydroxyl groups excluding tert-OH is 2. The van der Waals surface area contributed by atoms with Gasteiger partial charge < -0.3 is 15.1 Å². The number of unbranched alkanes of at least 4 members (excludes halogenated alkanes) is 12. The summed E-state index contributed by atoms with van der Waals surface area (Å²) in [5, 5.41) is 19.5. The van der Waals surface area contributed by atoms with Gasteiger partial charge in [0.05, 0.1) is 6.61 Å². The van der Waals surface area contributed by atoms with Crippen LogP contribution in [0.25, 0.3) is 0 Å². The van der Waals surface area contributed by atoms with Crippen LogP contribution < -0.4 is 0 Å². The van der Waals surface area contributed by atoms with E-state index in [1.54, 1.807) is 0 Å². The molecule has 0 saturated carbocycles. The largest absolute Gasteiger partial charge is 0.489 e. The van der Waals surface area contributed by atoms with Crippen LogP contribution in [0.2, 0.25) is 0 Å². The minimum absolute atomic E-state index is 0.0996. The van der Waals surface area contributed by atoms with Gasteiger partial charge in [0.1, 0.15) is 12.5 Å². The Labute approximate surface area is 184 Å². The van der Waals surface area contributed by atoms with Crippen LogP contribution in [0.5, 0.6) is 0 Å². The van der Waals surface area contributed by atoms with Gasteiger partial charge in [-0.1, -0.05) is 76.9 Å². The summed E-state index contributed by atoms with van der Waals surface area (Å²) < 4.78 is 21.4. The molecule has 3 unspecified atom stereocenters. The summed E-state index contributed by atoms with van der Waals surface area (Å²) in [6, 6.07) is 0. The number of phosphoric acid groups is 1. The van der Waals surface area contributed by atoms with Gasteiger partial charge >= 0.3 is 7.82 Å². The standard InChI is InChI=1S/C22H46NO6P/c1-4-5-6-7-8-9-10-11-12-13-14-15-16-17-18-19-20-28-30(26,27)29-23(21(2)24)22(3)25/h11-12,21-22,24-25H,4-10,13-20H2,1-3H3,(H,26,27)/b12-11-. The van der Waals surface area contributed by atoms with E-state index < -0.39 is 20.3 Å². The van der Waals surface area contributed by atoms with Crippen molar-refractivity contribution in [2.75, 3.05) is 6.61 Å². The molecule has 0 heterocycles. The Morgan fingerprint density at radius 2 is 1.23 bits per heavy atom. The van der Waals surface area contributed by atoms with Gasteiger partial charge in [0.25, 0.3) is 0 Å². The Bertz CT molecular complexity index is 451. The number of rotatable bonds is 21. The molecule has 30 heavy (non-hydrogen) atoms. The molecule has 0 rings (SSSR count). The fraction of sp³-hybridized carbons (Fsp3) is 0.909. The first-order chi connectivity index (χ1) is 14.3. The van der Waals surface area contributed by atoms with Gasteiger partial charge in [-0.15, -0.1) is 5.06 Å². The quantitative estimate of drug-likeness (QED) is 0.0642. The summed E-state index contributed by atoms with van der Waals surface area (Å²) >= 11 is 0. The van der Waals surface area contributed by atoms with Crippen LogP contribution in [0.3, 0.4) is 0 Å². The minimum Gasteiger partial charge on any atom is -0.376 e. The second-order valence-corrected chi connectivity index (χ2v) is 9.30. The normalized spacial score (nSPS) is 16.2. The third-order valence-electron chi connectivity index (χ3n) is 4.84. The third-order valence-corrected chi connectivity index (χ3v) is 5.75. The van der Waals surface area contributed by atoms with E-state index in [1.807, 2.05) is 0 Å². The topological polar surface area (TPSA) is 99.5 Å². The monoisotopic (exact) mass is 451 g/mol. The van der Waals surface area contributed by atoms with Gasteiger partial charge in [-0.3, -0.25) is 4.52 Å². The van der Waals surface area contributed by atoms with Crippen LogP contribution >= 0.6 is 7.82 Å². The number of phosphoric ester groups is 1. The average molecular weight is 452 g/mol. The highest BCUT2D eigenvalue weighted by atomic mass is 31.2. The molecule has 0 aliphatic heterocycles. The van der Waals surface area contributed by atoms with Crippen molar-refractivity contribution in [3.8, 4) is 0 Å². The maximum Gasteiger partial charge on any atom is 0.489 e. The van der Waals surface area contributed by atoms with Crippen LogP contribution in [0.4, 0.5) is 0 Å². The molecule has 0 aromatic rings. The smallest absolute Gasteiger partial charge is 0.376 e. The lowest BCUT2D eigenvalue weighted by molar-refractivity contribution is -0.246. The number of allylic oxidation sites excluding steroid dienone is 2. The molecule has 0 aliphatic carbocycles. The Balaban J connectivity index is 3.53. The van der Waals surface area contributed by atoms with E-state index in [9.17, 15) is 19.7 Å². The lowest BCUT2D eigenvalue weighted by Gasteiger charge is -2.27. The van der Waals surface area contributed by atoms with Crippen molar-refractivity contribution in [1.82, 2.24) is 5.06 Å². The van der Waals surface area contributed by atoms with Gasteiger partial charge in [0.2, 0.25) is 0 Å². The van der Waals surface area contributed by atoms with Crippen LogP contribution in [-0.4, -0.2) is 39.2 Å². The van der Waals surface area contributed by atoms with E-state index in [2.05, 4.69) is 19.1 Å². The molecule has 0 saturated heterocycles. The first-order valence-corrected chi connectivity index (χ1v) is 13.3. The fourth-order valence-electron chi connectivity index (χ4n) is 3.12. The molecule has 0 aromatic heterocycles. The van der Waals surface area contributed by atoms with E-state index in [-0.39, 0.29) is 6.61 Å². The summed E-state index contributed by atoms with van der Waals surface area (Å²) in [5.41, 5.74) is 0. The fourth-order valence-corrected chi connectivity index (χ4v) is 4.04. The van der Waals surface area contributed by atoms with Crippen LogP contribution in [0.15, 0.2) is 12.2 Å². The highest BCUT2D eigenvalue weighted by Crippen LogP contribution is 2.45. The van der Waals surface area contributed by atoms with Crippen LogP contribution in [-0.2, 0) is 13.7 Å². The third kappa shape index (κ3) is 18.5. The molecule has 0 aromatic carbocycles. The molecule has 0 spiro atoms. The maximum absolute atomic E-state index is 11.8. The summed E-state index contributed by atoms with van der Waals surface area (Å²) in [6.45, 7) is 4.98. The van der Waals surface area contributed by atoms with Crippen molar-refractivity contribution in [2.24, 2.45) is 0 Å². The molecular formula is C22H46NO6P. The molecule has 3 N–H and O–H groups in total. The van der Waals surface area contributed by atoms with Gasteiger partial charge in [0.15, 0.2) is 0 Å². The summed E-state index contributed by atoms with van der Waals surface area (Å²) in [4.78, 5) is 9.65. The molecular weight excluding hydrogens is 405 g/mol. The van der Waals surface area contributed by atoms with Crippen molar-refractivity contribution in [1.29, 1.82) is 0 Å². The molecule has 0 fully saturated rings. The molecule has 0 aliphatic rings. The zero-order chi connectivity index (χ0) is 22.7. The number of hydrogen-bond acceptors (Lipinski definition) is 6. The molecule has 180 valence electrons. The Kier molecular flexibility index (Phi) is 19.2. The predicted octanol–water partition coefficient (Wildman–Crippen LogP) is 6.05. The van der Waals surface area contributed by atoms with Crippen molar-refractivity contribution in [2.45, 2.75) is 123 Å². The van der Waals surface area contributed by atoms with E-state index >= 15 is 0 Å². The zero-order valence-corrected chi connectivity index (χ0v) is 20.3. The highest BCUT2D eigenvalue weighted by Gasteiger charge is 2.30. The number of hydroxylamine groups is 2. The van der Waals surface area contributed by atoms with E-state index in [0.29, 0.717) is 11.5 Å². The second-order valence-electron chi connectivity index (χ2n) is 7.94. The number of hydrogen-bond donors (Lipinski definition) is 3. The van der Waals surface area contributed by atoms with Gasteiger partial charge in [0, 0.05) is 0 Å². The SMILES string of the molecule is CCCCCCCC/C=C\CCCCCCCCOP(=O)(O)ON(C(C)O)C(C)O. The molecule has 0 bridgehead atoms. The molecule has 7 nitrogen and oxygen atoms in total. The lowest BCUT2D eigenvalue weighted by atomic mass is 10.1. The Morgan fingerprint density at radius 1 is 0.800 bits per heavy atom. The van der Waals surface area contributed by atoms with E-state index in [4.69, 9.17) is 9.15 Å². The van der Waals surface area contributed by atoms with Gasteiger partial charge in [-0.2, -0.15) is 4.62 Å². The average Bonchev–Trinajstić information content (AvgIpc) is 2.68.